The molecule has 0 atom stereocenters. The average Bonchev–Trinajstić information content (AvgIpc) is 3.00. The number of carbonyl (C=O) groups excluding carboxylic acids is 1. The van der Waals surface area contributed by atoms with Crippen LogP contribution in [0.4, 0.5) is 23.1 Å². The molecular formula is C17H25BF3N3OS. The Morgan fingerprint density at radius 2 is 1.73 bits per heavy atom. The Labute approximate surface area is 157 Å². The van der Waals surface area contributed by atoms with Crippen molar-refractivity contribution in [2.24, 2.45) is 5.92 Å². The van der Waals surface area contributed by atoms with Crippen molar-refractivity contribution in [3.05, 3.63) is 6.20 Å². The van der Waals surface area contributed by atoms with Crippen molar-refractivity contribution < 1.29 is 18.0 Å². The third-order valence-electron chi connectivity index (χ3n) is 5.59. The van der Waals surface area contributed by atoms with Gasteiger partial charge in [-0.05, 0) is 43.3 Å². The van der Waals surface area contributed by atoms with Gasteiger partial charge in [-0.2, -0.15) is 13.2 Å². The van der Waals surface area contributed by atoms with Crippen LogP contribution in [0.1, 0.15) is 57.8 Å². The molecule has 0 spiro atoms. The Morgan fingerprint density at radius 3 is 2.27 bits per heavy atom. The maximum atomic E-state index is 13.0. The summed E-state index contributed by atoms with van der Waals surface area (Å²) >= 11 is 1.41. The van der Waals surface area contributed by atoms with Gasteiger partial charge < -0.3 is 4.90 Å². The summed E-state index contributed by atoms with van der Waals surface area (Å²) in [5.41, 5.74) is 0. The molecule has 2 aliphatic carbocycles. The highest BCUT2D eigenvalue weighted by atomic mass is 32.1. The Kier molecular flexibility index (Phi) is 6.15. The molecular weight excluding hydrogens is 362 g/mol. The van der Waals surface area contributed by atoms with E-state index in [0.29, 0.717) is 18.0 Å². The van der Waals surface area contributed by atoms with Crippen molar-refractivity contribution in [3.8, 4) is 0 Å². The topological polar surface area (TPSA) is 45.2 Å². The maximum Gasteiger partial charge on any atom is 0.391 e. The van der Waals surface area contributed by atoms with E-state index in [1.165, 1.54) is 17.8 Å². The van der Waals surface area contributed by atoms with Gasteiger partial charge in [-0.3, -0.25) is 5.32 Å². The lowest BCUT2D eigenvalue weighted by molar-refractivity contribution is -0.184. The van der Waals surface area contributed by atoms with Gasteiger partial charge in [0.1, 0.15) is 0 Å². The number of nitrogens with zero attached hydrogens (tertiary/aromatic N) is 2. The first-order valence-electron chi connectivity index (χ1n) is 9.43. The molecule has 26 heavy (non-hydrogen) atoms. The van der Waals surface area contributed by atoms with Crippen LogP contribution in [0, 0.1) is 5.92 Å². The van der Waals surface area contributed by atoms with Gasteiger partial charge in [0, 0.05) is 18.3 Å². The Hall–Kier alpha value is -1.25. The summed E-state index contributed by atoms with van der Waals surface area (Å²) in [7, 11) is 1.92. The monoisotopic (exact) mass is 387 g/mol. The van der Waals surface area contributed by atoms with Crippen LogP contribution in [0.5, 0.6) is 0 Å². The van der Waals surface area contributed by atoms with Gasteiger partial charge >= 0.3 is 12.2 Å². The van der Waals surface area contributed by atoms with Crippen LogP contribution in [0.25, 0.3) is 0 Å². The molecule has 2 fully saturated rings. The van der Waals surface area contributed by atoms with Crippen molar-refractivity contribution in [2.75, 3.05) is 5.32 Å². The van der Waals surface area contributed by atoms with Crippen LogP contribution >= 0.6 is 11.3 Å². The van der Waals surface area contributed by atoms with Crippen molar-refractivity contribution in [1.29, 1.82) is 0 Å². The fourth-order valence-electron chi connectivity index (χ4n) is 4.24. The molecule has 1 aromatic rings. The van der Waals surface area contributed by atoms with Gasteiger partial charge in [-0.25, -0.2) is 9.78 Å². The lowest BCUT2D eigenvalue weighted by Gasteiger charge is -2.42. The summed E-state index contributed by atoms with van der Waals surface area (Å²) in [6, 6.07) is -0.197. The first kappa shape index (κ1) is 19.5. The largest absolute Gasteiger partial charge is 0.391 e. The molecule has 0 aromatic carbocycles. The number of hydrogen-bond acceptors (Lipinski definition) is 3. The van der Waals surface area contributed by atoms with E-state index in [9.17, 15) is 18.0 Å². The fourth-order valence-corrected chi connectivity index (χ4v) is 4.89. The van der Waals surface area contributed by atoms with E-state index < -0.39 is 12.1 Å². The molecule has 0 unspecified atom stereocenters. The molecule has 3 rings (SSSR count). The zero-order valence-corrected chi connectivity index (χ0v) is 15.8. The molecule has 0 bridgehead atoms. The van der Waals surface area contributed by atoms with E-state index in [2.05, 4.69) is 10.3 Å². The zero-order chi connectivity index (χ0) is 18.7. The number of anilines is 1. The summed E-state index contributed by atoms with van der Waals surface area (Å²) in [6.45, 7) is 0. The molecule has 1 aromatic heterocycles. The second-order valence-corrected chi connectivity index (χ2v) is 8.69. The molecule has 9 heteroatoms. The normalized spacial score (nSPS) is 25.0. The predicted molar refractivity (Wildman–Crippen MR) is 99.8 cm³/mol. The standard InChI is InChI=1S/C17H25BF3N3OS/c18-14-10-22-15(26-14)23-16(25)24(12-4-2-1-3-5-12)13-8-6-11(7-9-13)17(19,20)21/h10-13H,1-9,18H2,(H,22,23,25). The number of alkyl halides is 3. The lowest BCUT2D eigenvalue weighted by Crippen LogP contribution is -2.51. The summed E-state index contributed by atoms with van der Waals surface area (Å²) in [4.78, 5) is 19.0. The molecule has 2 aliphatic rings. The number of amides is 2. The summed E-state index contributed by atoms with van der Waals surface area (Å²) in [6.07, 6.45) is 3.83. The van der Waals surface area contributed by atoms with Crippen LogP contribution in [0.2, 0.25) is 0 Å². The van der Waals surface area contributed by atoms with Gasteiger partial charge in [0.2, 0.25) is 0 Å². The second kappa shape index (κ2) is 8.19. The third kappa shape index (κ3) is 4.72. The van der Waals surface area contributed by atoms with Crippen molar-refractivity contribution >= 4 is 35.1 Å². The Bertz CT molecular complexity index is 611. The van der Waals surface area contributed by atoms with Crippen LogP contribution in [-0.4, -0.2) is 42.0 Å². The zero-order valence-electron chi connectivity index (χ0n) is 15.0. The minimum atomic E-state index is -4.12. The quantitative estimate of drug-likeness (QED) is 0.805. The summed E-state index contributed by atoms with van der Waals surface area (Å²) in [5.74, 6) is -1.23. The van der Waals surface area contributed by atoms with Gasteiger partial charge in [0.25, 0.3) is 0 Å². The highest BCUT2D eigenvalue weighted by Crippen LogP contribution is 2.40. The molecule has 0 saturated heterocycles. The van der Waals surface area contributed by atoms with Crippen LogP contribution in [0.15, 0.2) is 6.20 Å². The van der Waals surface area contributed by atoms with Crippen molar-refractivity contribution in [3.63, 3.8) is 0 Å². The number of aromatic nitrogens is 1. The van der Waals surface area contributed by atoms with E-state index in [1.54, 1.807) is 6.20 Å². The van der Waals surface area contributed by atoms with Crippen molar-refractivity contribution in [2.45, 2.75) is 76.0 Å². The van der Waals surface area contributed by atoms with Gasteiger partial charge in [0.05, 0.1) is 5.92 Å². The molecule has 2 saturated carbocycles. The lowest BCUT2D eigenvalue weighted by atomic mass is 9.83. The maximum absolute atomic E-state index is 13.0. The van der Waals surface area contributed by atoms with E-state index in [-0.39, 0.29) is 31.0 Å². The minimum Gasteiger partial charge on any atom is -0.319 e. The molecule has 2 amide bonds. The number of halogens is 3. The van der Waals surface area contributed by atoms with Crippen LogP contribution in [0.3, 0.4) is 0 Å². The SMILES string of the molecule is Bc1cnc(NC(=O)N(C2CCCCC2)C2CCC(C(F)(F)F)CC2)s1. The third-order valence-corrected chi connectivity index (χ3v) is 6.42. The number of carbonyl (C=O) groups is 1. The smallest absolute Gasteiger partial charge is 0.319 e. The van der Waals surface area contributed by atoms with Crippen LogP contribution in [-0.2, 0) is 0 Å². The van der Waals surface area contributed by atoms with Gasteiger partial charge in [-0.1, -0.05) is 19.3 Å². The van der Waals surface area contributed by atoms with E-state index in [4.69, 9.17) is 0 Å². The van der Waals surface area contributed by atoms with Gasteiger partial charge in [0.15, 0.2) is 13.0 Å². The average molecular weight is 387 g/mol. The molecule has 0 radical (unpaired) electrons. The number of rotatable bonds is 3. The van der Waals surface area contributed by atoms with Gasteiger partial charge in [-0.15, -0.1) is 11.3 Å². The molecule has 0 aliphatic heterocycles. The summed E-state index contributed by atoms with van der Waals surface area (Å²) in [5, 5.41) is 3.42. The van der Waals surface area contributed by atoms with Crippen LogP contribution < -0.4 is 10.1 Å². The van der Waals surface area contributed by atoms with Crippen molar-refractivity contribution in [1.82, 2.24) is 9.88 Å². The molecule has 4 nitrogen and oxygen atoms in total. The number of nitrogens with one attached hydrogen (secondary N) is 1. The number of hydrogen-bond donors (Lipinski definition) is 1. The fraction of sp³-hybridized carbons (Fsp3) is 0.765. The van der Waals surface area contributed by atoms with E-state index in [1.807, 2.05) is 12.7 Å². The number of urea groups is 1. The predicted octanol–water partition coefficient (Wildman–Crippen LogP) is 3.69. The Morgan fingerprint density at radius 1 is 1.12 bits per heavy atom. The first-order chi connectivity index (χ1) is 12.3. The van der Waals surface area contributed by atoms with E-state index in [0.717, 1.165) is 30.5 Å². The second-order valence-electron chi connectivity index (χ2n) is 7.45. The molecule has 1 heterocycles. The Balaban J connectivity index is 1.70. The molecule has 144 valence electrons. The number of thiazole rings is 1. The first-order valence-corrected chi connectivity index (χ1v) is 10.2. The molecule has 1 N–H and O–H groups in total. The highest BCUT2D eigenvalue weighted by Gasteiger charge is 2.43. The minimum absolute atomic E-state index is 0.112. The highest BCUT2D eigenvalue weighted by molar-refractivity contribution is 7.23. The summed E-state index contributed by atoms with van der Waals surface area (Å²) < 4.78 is 39.9. The van der Waals surface area contributed by atoms with E-state index >= 15 is 0 Å².